The molecular weight excluding hydrogens is 351 g/mol. The van der Waals surface area contributed by atoms with Gasteiger partial charge in [-0.05, 0) is 51.3 Å². The van der Waals surface area contributed by atoms with E-state index in [2.05, 4.69) is 4.74 Å². The molecule has 26 heavy (non-hydrogen) atoms. The van der Waals surface area contributed by atoms with Crippen LogP contribution in [0.4, 0.5) is 18.0 Å². The molecule has 1 amide bonds. The summed E-state index contributed by atoms with van der Waals surface area (Å²) in [6.07, 6.45) is -3.87. The van der Waals surface area contributed by atoms with Gasteiger partial charge < -0.3 is 14.4 Å². The number of methoxy groups -OCH3 is 1. The highest BCUT2D eigenvalue weighted by atomic mass is 19.4. The Kier molecular flexibility index (Phi) is 5.53. The second kappa shape index (κ2) is 7.17. The third kappa shape index (κ3) is 5.12. The lowest BCUT2D eigenvalue weighted by Gasteiger charge is -2.28. The van der Waals surface area contributed by atoms with Crippen LogP contribution < -0.4 is 0 Å². The standard InChI is InChI=1S/C18H22F3NO4/c1-17(2,3)26-16(24)22(13-7-8-13)10-12-6-5-11(15(23)25-4)9-14(12)18(19,20)21/h5-6,9,13H,7-8,10H2,1-4H3. The molecule has 2 rings (SSSR count). The Balaban J connectivity index is 2.33. The lowest BCUT2D eigenvalue weighted by molar-refractivity contribution is -0.138. The zero-order valence-corrected chi connectivity index (χ0v) is 15.1. The first kappa shape index (κ1) is 20.1. The third-order valence-electron chi connectivity index (χ3n) is 3.79. The molecular formula is C18H22F3NO4. The highest BCUT2D eigenvalue weighted by Gasteiger charge is 2.39. The van der Waals surface area contributed by atoms with Crippen molar-refractivity contribution in [2.75, 3.05) is 7.11 Å². The van der Waals surface area contributed by atoms with Gasteiger partial charge in [-0.1, -0.05) is 6.07 Å². The predicted molar refractivity (Wildman–Crippen MR) is 87.6 cm³/mol. The predicted octanol–water partition coefficient (Wildman–Crippen LogP) is 4.39. The van der Waals surface area contributed by atoms with Crippen LogP contribution in [0.25, 0.3) is 0 Å². The number of esters is 1. The van der Waals surface area contributed by atoms with Crippen LogP contribution in [0.1, 0.15) is 55.1 Å². The molecule has 5 nitrogen and oxygen atoms in total. The molecule has 0 aliphatic heterocycles. The van der Waals surface area contributed by atoms with Crippen LogP contribution in [0.5, 0.6) is 0 Å². The summed E-state index contributed by atoms with van der Waals surface area (Å²) in [5.41, 5.74) is -2.00. The summed E-state index contributed by atoms with van der Waals surface area (Å²) in [6, 6.07) is 3.08. The monoisotopic (exact) mass is 373 g/mol. The largest absolute Gasteiger partial charge is 0.465 e. The van der Waals surface area contributed by atoms with Gasteiger partial charge in [0, 0.05) is 12.6 Å². The number of hydrogen-bond donors (Lipinski definition) is 0. The van der Waals surface area contributed by atoms with Gasteiger partial charge in [0.05, 0.1) is 18.2 Å². The highest BCUT2D eigenvalue weighted by molar-refractivity contribution is 5.89. The van der Waals surface area contributed by atoms with Crippen LogP contribution >= 0.6 is 0 Å². The number of carbonyl (C=O) groups excluding carboxylic acids is 2. The van der Waals surface area contributed by atoms with Crippen molar-refractivity contribution in [1.82, 2.24) is 4.90 Å². The van der Waals surface area contributed by atoms with Crippen molar-refractivity contribution in [3.63, 3.8) is 0 Å². The Morgan fingerprint density at radius 1 is 1.19 bits per heavy atom. The Morgan fingerprint density at radius 2 is 1.81 bits per heavy atom. The van der Waals surface area contributed by atoms with Gasteiger partial charge >= 0.3 is 18.2 Å². The molecule has 0 atom stereocenters. The van der Waals surface area contributed by atoms with Crippen molar-refractivity contribution in [2.45, 2.75) is 58.0 Å². The molecule has 1 saturated carbocycles. The second-order valence-electron chi connectivity index (χ2n) is 7.20. The minimum Gasteiger partial charge on any atom is -0.465 e. The van der Waals surface area contributed by atoms with E-state index >= 15 is 0 Å². The van der Waals surface area contributed by atoms with E-state index < -0.39 is 29.4 Å². The van der Waals surface area contributed by atoms with E-state index in [1.54, 1.807) is 20.8 Å². The minimum atomic E-state index is -4.66. The number of rotatable bonds is 4. The number of ether oxygens (including phenoxy) is 2. The molecule has 0 N–H and O–H groups in total. The van der Waals surface area contributed by atoms with Crippen molar-refractivity contribution >= 4 is 12.1 Å². The first-order valence-electron chi connectivity index (χ1n) is 8.20. The molecule has 0 aromatic heterocycles. The molecule has 1 aliphatic carbocycles. The fourth-order valence-corrected chi connectivity index (χ4v) is 2.46. The first-order valence-corrected chi connectivity index (χ1v) is 8.20. The molecule has 0 radical (unpaired) electrons. The Labute approximate surface area is 150 Å². The molecule has 1 fully saturated rings. The average Bonchev–Trinajstić information content (AvgIpc) is 3.33. The van der Waals surface area contributed by atoms with Crippen molar-refractivity contribution in [1.29, 1.82) is 0 Å². The zero-order chi connectivity index (χ0) is 19.7. The van der Waals surface area contributed by atoms with Crippen LogP contribution in [-0.2, 0) is 22.2 Å². The van der Waals surface area contributed by atoms with E-state index in [1.807, 2.05) is 0 Å². The Bertz CT molecular complexity index is 691. The van der Waals surface area contributed by atoms with Gasteiger partial charge in [0.1, 0.15) is 5.60 Å². The summed E-state index contributed by atoms with van der Waals surface area (Å²) >= 11 is 0. The molecule has 8 heteroatoms. The number of amides is 1. The van der Waals surface area contributed by atoms with Crippen molar-refractivity contribution in [3.05, 3.63) is 34.9 Å². The lowest BCUT2D eigenvalue weighted by Crippen LogP contribution is -2.38. The maximum Gasteiger partial charge on any atom is 0.416 e. The normalized spacial score (nSPS) is 14.7. The van der Waals surface area contributed by atoms with Crippen LogP contribution in [0.2, 0.25) is 0 Å². The van der Waals surface area contributed by atoms with E-state index in [9.17, 15) is 22.8 Å². The molecule has 0 heterocycles. The van der Waals surface area contributed by atoms with Crippen molar-refractivity contribution in [2.24, 2.45) is 0 Å². The lowest BCUT2D eigenvalue weighted by atomic mass is 10.0. The molecule has 144 valence electrons. The number of hydrogen-bond acceptors (Lipinski definition) is 4. The summed E-state index contributed by atoms with van der Waals surface area (Å²) in [6.45, 7) is 4.85. The molecule has 0 spiro atoms. The maximum atomic E-state index is 13.4. The van der Waals surface area contributed by atoms with Gasteiger partial charge in [0.2, 0.25) is 0 Å². The Hall–Kier alpha value is -2.25. The quantitative estimate of drug-likeness (QED) is 0.735. The SMILES string of the molecule is COC(=O)c1ccc(CN(C(=O)OC(C)(C)C)C2CC2)c(C(F)(F)F)c1. The van der Waals surface area contributed by atoms with Gasteiger partial charge in [-0.15, -0.1) is 0 Å². The summed E-state index contributed by atoms with van der Waals surface area (Å²) < 4.78 is 50.1. The van der Waals surface area contributed by atoms with E-state index in [0.29, 0.717) is 0 Å². The number of benzene rings is 1. The molecule has 1 aromatic rings. The second-order valence-corrected chi connectivity index (χ2v) is 7.20. The van der Waals surface area contributed by atoms with E-state index in [-0.39, 0.29) is 23.7 Å². The van der Waals surface area contributed by atoms with E-state index in [0.717, 1.165) is 26.0 Å². The number of carbonyl (C=O) groups is 2. The summed E-state index contributed by atoms with van der Waals surface area (Å²) in [7, 11) is 1.10. The van der Waals surface area contributed by atoms with E-state index in [1.165, 1.54) is 17.0 Å². The first-order chi connectivity index (χ1) is 11.9. The van der Waals surface area contributed by atoms with Crippen LogP contribution in [0, 0.1) is 0 Å². The number of nitrogens with zero attached hydrogens (tertiary/aromatic N) is 1. The average molecular weight is 373 g/mol. The fourth-order valence-electron chi connectivity index (χ4n) is 2.46. The topological polar surface area (TPSA) is 55.8 Å². The zero-order valence-electron chi connectivity index (χ0n) is 15.1. The van der Waals surface area contributed by atoms with Gasteiger partial charge in [0.25, 0.3) is 0 Å². The third-order valence-corrected chi connectivity index (χ3v) is 3.79. The van der Waals surface area contributed by atoms with Crippen molar-refractivity contribution in [3.8, 4) is 0 Å². The molecule has 0 unspecified atom stereocenters. The summed E-state index contributed by atoms with van der Waals surface area (Å²) in [5, 5.41) is 0. The maximum absolute atomic E-state index is 13.4. The molecule has 1 aliphatic rings. The van der Waals surface area contributed by atoms with Gasteiger partial charge in [-0.2, -0.15) is 13.2 Å². The number of halogens is 3. The highest BCUT2D eigenvalue weighted by Crippen LogP contribution is 2.36. The van der Waals surface area contributed by atoms with Crippen LogP contribution in [0.3, 0.4) is 0 Å². The molecule has 1 aromatic carbocycles. The van der Waals surface area contributed by atoms with Gasteiger partial charge in [-0.25, -0.2) is 9.59 Å². The van der Waals surface area contributed by atoms with Crippen LogP contribution in [0.15, 0.2) is 18.2 Å². The van der Waals surface area contributed by atoms with E-state index in [4.69, 9.17) is 4.74 Å². The van der Waals surface area contributed by atoms with Crippen LogP contribution in [-0.4, -0.2) is 35.7 Å². The summed E-state index contributed by atoms with van der Waals surface area (Å²) in [5.74, 6) is -0.853. The van der Waals surface area contributed by atoms with Crippen molar-refractivity contribution < 1.29 is 32.2 Å². The fraction of sp³-hybridized carbons (Fsp3) is 0.556. The molecule has 0 bridgehead atoms. The summed E-state index contributed by atoms with van der Waals surface area (Å²) in [4.78, 5) is 25.2. The van der Waals surface area contributed by atoms with Gasteiger partial charge in [-0.3, -0.25) is 0 Å². The Morgan fingerprint density at radius 3 is 2.27 bits per heavy atom. The number of alkyl halides is 3. The van der Waals surface area contributed by atoms with Gasteiger partial charge in [0.15, 0.2) is 0 Å². The minimum absolute atomic E-state index is 0.0945. The smallest absolute Gasteiger partial charge is 0.416 e. The molecule has 0 saturated heterocycles.